The highest BCUT2D eigenvalue weighted by molar-refractivity contribution is 5.83. The second-order valence-corrected chi connectivity index (χ2v) is 9.23. The lowest BCUT2D eigenvalue weighted by molar-refractivity contribution is -0.139. The van der Waals surface area contributed by atoms with Gasteiger partial charge in [-0.15, -0.1) is 0 Å². The number of benzene rings is 1. The molecule has 0 spiro atoms. The largest absolute Gasteiger partial charge is 0.489 e. The van der Waals surface area contributed by atoms with Gasteiger partial charge in [0.25, 0.3) is 0 Å². The van der Waals surface area contributed by atoms with Gasteiger partial charge in [-0.2, -0.15) is 0 Å². The van der Waals surface area contributed by atoms with E-state index in [1.807, 2.05) is 12.1 Å². The molecule has 0 aromatic heterocycles. The van der Waals surface area contributed by atoms with Crippen LogP contribution in [0, 0.1) is 5.41 Å². The molecule has 3 saturated carbocycles. The van der Waals surface area contributed by atoms with E-state index < -0.39 is 0 Å². The average Bonchev–Trinajstić information content (AvgIpc) is 2.82. The first-order valence-electron chi connectivity index (χ1n) is 11.2. The van der Waals surface area contributed by atoms with Crippen LogP contribution in [-0.4, -0.2) is 38.3 Å². The molecule has 1 amide bonds. The van der Waals surface area contributed by atoms with Crippen LogP contribution >= 0.6 is 0 Å². The third-order valence-electron chi connectivity index (χ3n) is 7.53. The van der Waals surface area contributed by atoms with Crippen molar-refractivity contribution in [2.24, 2.45) is 11.1 Å². The lowest BCUT2D eigenvalue weighted by atomic mass is 9.51. The summed E-state index contributed by atoms with van der Waals surface area (Å²) >= 11 is 0. The Balaban J connectivity index is 1.36. The summed E-state index contributed by atoms with van der Waals surface area (Å²) in [6, 6.07) is 8.36. The van der Waals surface area contributed by atoms with Gasteiger partial charge < -0.3 is 20.5 Å². The number of ether oxygens (including phenoxy) is 2. The molecule has 2 bridgehead atoms. The van der Waals surface area contributed by atoms with Gasteiger partial charge in [-0.3, -0.25) is 4.79 Å². The molecule has 1 heterocycles. The summed E-state index contributed by atoms with van der Waals surface area (Å²) in [5.74, 6) is 0.963. The maximum atomic E-state index is 13.1. The van der Waals surface area contributed by atoms with E-state index in [4.69, 9.17) is 15.2 Å². The Hall–Kier alpha value is -1.92. The quantitative estimate of drug-likeness (QED) is 0.710. The van der Waals surface area contributed by atoms with Gasteiger partial charge in [-0.1, -0.05) is 12.1 Å². The molecule has 1 aromatic rings. The van der Waals surface area contributed by atoms with Crippen LogP contribution in [-0.2, 0) is 14.9 Å². The Morgan fingerprint density at radius 1 is 1.20 bits per heavy atom. The lowest BCUT2D eigenvalue weighted by Gasteiger charge is -2.53. The molecule has 30 heavy (non-hydrogen) atoms. The molecule has 3 aliphatic carbocycles. The number of nitrogens with one attached hydrogen (secondary N) is 1. The molecule has 3 N–H and O–H groups in total. The van der Waals surface area contributed by atoms with E-state index in [2.05, 4.69) is 17.4 Å². The van der Waals surface area contributed by atoms with Crippen molar-refractivity contribution in [2.45, 2.75) is 62.8 Å². The number of hydrogen-bond donors (Lipinski definition) is 2. The van der Waals surface area contributed by atoms with Gasteiger partial charge in [0.15, 0.2) is 0 Å². The average molecular weight is 417 g/mol. The SMILES string of the molecule is NCC(=CF)COc1ccc(C23CCC(C(=O)NC4CCCOC4)(CC2)CC3)cc1. The zero-order valence-corrected chi connectivity index (χ0v) is 17.6. The lowest BCUT2D eigenvalue weighted by Crippen LogP contribution is -2.54. The van der Waals surface area contributed by atoms with E-state index in [-0.39, 0.29) is 35.9 Å². The number of carbonyl (C=O) groups is 1. The Kier molecular flexibility index (Phi) is 6.44. The van der Waals surface area contributed by atoms with Crippen LogP contribution in [0.3, 0.4) is 0 Å². The van der Waals surface area contributed by atoms with E-state index in [1.165, 1.54) is 5.56 Å². The van der Waals surface area contributed by atoms with Crippen LogP contribution in [0.2, 0.25) is 0 Å². The predicted octanol–water partition coefficient (Wildman–Crippen LogP) is 3.76. The van der Waals surface area contributed by atoms with Gasteiger partial charge in [0, 0.05) is 24.1 Å². The standard InChI is InChI=1S/C24H33FN2O3/c25-14-18(15-26)16-30-21-5-3-19(4-6-21)23-7-10-24(11-8-23,12-9-23)22(28)27-20-2-1-13-29-17-20/h3-6,14,20H,1-2,7-13,15-17,26H2,(H,27,28). The molecule has 1 aliphatic heterocycles. The number of nitrogens with two attached hydrogens (primary N) is 1. The zero-order valence-electron chi connectivity index (χ0n) is 17.6. The number of rotatable bonds is 7. The third kappa shape index (κ3) is 4.26. The molecule has 0 radical (unpaired) electrons. The summed E-state index contributed by atoms with van der Waals surface area (Å²) in [4.78, 5) is 13.1. The summed E-state index contributed by atoms with van der Waals surface area (Å²) in [6.07, 6.45) is 8.55. The maximum Gasteiger partial charge on any atom is 0.226 e. The van der Waals surface area contributed by atoms with Gasteiger partial charge in [0.2, 0.25) is 5.91 Å². The van der Waals surface area contributed by atoms with E-state index in [0.29, 0.717) is 18.5 Å². The Labute approximate surface area is 178 Å². The van der Waals surface area contributed by atoms with Crippen LogP contribution < -0.4 is 15.8 Å². The molecule has 1 saturated heterocycles. The summed E-state index contributed by atoms with van der Waals surface area (Å²) < 4.78 is 23.8. The minimum atomic E-state index is -0.195. The zero-order chi connectivity index (χ0) is 21.0. The highest BCUT2D eigenvalue weighted by Gasteiger charge is 2.53. The van der Waals surface area contributed by atoms with Crippen LogP contribution in [0.1, 0.15) is 56.9 Å². The molecular formula is C24H33FN2O3. The van der Waals surface area contributed by atoms with Crippen molar-refractivity contribution in [2.75, 3.05) is 26.4 Å². The highest BCUT2D eigenvalue weighted by atomic mass is 19.1. The molecular weight excluding hydrogens is 383 g/mol. The first-order chi connectivity index (χ1) is 14.6. The number of hydrogen-bond acceptors (Lipinski definition) is 4. The molecule has 1 atom stereocenters. The van der Waals surface area contributed by atoms with E-state index in [1.54, 1.807) is 0 Å². The van der Waals surface area contributed by atoms with Crippen LogP contribution in [0.25, 0.3) is 0 Å². The van der Waals surface area contributed by atoms with Crippen molar-refractivity contribution in [1.29, 1.82) is 0 Å². The normalized spacial score (nSPS) is 31.4. The van der Waals surface area contributed by atoms with Crippen molar-refractivity contribution in [3.8, 4) is 5.75 Å². The van der Waals surface area contributed by atoms with Gasteiger partial charge in [-0.25, -0.2) is 4.39 Å². The van der Waals surface area contributed by atoms with Gasteiger partial charge >= 0.3 is 0 Å². The number of fused-ring (bicyclic) bond motifs is 3. The molecule has 5 nitrogen and oxygen atoms in total. The number of halogens is 1. The Bertz CT molecular complexity index is 747. The van der Waals surface area contributed by atoms with Crippen molar-refractivity contribution < 1.29 is 18.7 Å². The van der Waals surface area contributed by atoms with Crippen molar-refractivity contribution in [3.05, 3.63) is 41.7 Å². The fourth-order valence-corrected chi connectivity index (χ4v) is 5.37. The smallest absolute Gasteiger partial charge is 0.226 e. The van der Waals surface area contributed by atoms with E-state index in [9.17, 15) is 9.18 Å². The van der Waals surface area contributed by atoms with Crippen LogP contribution in [0.5, 0.6) is 5.75 Å². The first kappa shape index (κ1) is 21.3. The van der Waals surface area contributed by atoms with E-state index >= 15 is 0 Å². The summed E-state index contributed by atoms with van der Waals surface area (Å²) in [5.41, 5.74) is 7.20. The third-order valence-corrected chi connectivity index (χ3v) is 7.53. The Morgan fingerprint density at radius 3 is 2.47 bits per heavy atom. The van der Waals surface area contributed by atoms with Gasteiger partial charge in [0.1, 0.15) is 12.4 Å². The topological polar surface area (TPSA) is 73.6 Å². The highest BCUT2D eigenvalue weighted by Crippen LogP contribution is 2.58. The van der Waals surface area contributed by atoms with Crippen molar-refractivity contribution in [3.63, 3.8) is 0 Å². The second kappa shape index (κ2) is 9.06. The minimum Gasteiger partial charge on any atom is -0.489 e. The first-order valence-corrected chi connectivity index (χ1v) is 11.2. The monoisotopic (exact) mass is 416 g/mol. The second-order valence-electron chi connectivity index (χ2n) is 9.23. The number of carbonyl (C=O) groups excluding carboxylic acids is 1. The maximum absolute atomic E-state index is 13.1. The molecule has 6 heteroatoms. The predicted molar refractivity (Wildman–Crippen MR) is 114 cm³/mol. The summed E-state index contributed by atoms with van der Waals surface area (Å²) in [7, 11) is 0. The fraction of sp³-hybridized carbons (Fsp3) is 0.625. The molecule has 4 aliphatic rings. The van der Waals surface area contributed by atoms with Crippen LogP contribution in [0.4, 0.5) is 4.39 Å². The molecule has 5 rings (SSSR count). The summed E-state index contributed by atoms with van der Waals surface area (Å²) in [5, 5.41) is 3.28. The fourth-order valence-electron chi connectivity index (χ4n) is 5.37. The number of amides is 1. The Morgan fingerprint density at radius 2 is 1.90 bits per heavy atom. The minimum absolute atomic E-state index is 0.154. The molecule has 1 aromatic carbocycles. The van der Waals surface area contributed by atoms with Gasteiger partial charge in [-0.05, 0) is 74.5 Å². The molecule has 164 valence electrons. The van der Waals surface area contributed by atoms with Crippen LogP contribution in [0.15, 0.2) is 36.2 Å². The van der Waals surface area contributed by atoms with Crippen molar-refractivity contribution in [1.82, 2.24) is 5.32 Å². The molecule has 4 fully saturated rings. The van der Waals surface area contributed by atoms with Gasteiger partial charge in [0.05, 0.1) is 19.0 Å². The molecule has 1 unspecified atom stereocenters. The van der Waals surface area contributed by atoms with Crippen molar-refractivity contribution >= 4 is 5.91 Å². The van der Waals surface area contributed by atoms with E-state index in [0.717, 1.165) is 63.7 Å². The summed E-state index contributed by atoms with van der Waals surface area (Å²) in [6.45, 7) is 1.78.